The molecule has 0 aliphatic rings. The second kappa shape index (κ2) is 8.89. The van der Waals surface area contributed by atoms with Crippen LogP contribution in [-0.4, -0.2) is 25.0 Å². The fourth-order valence-electron chi connectivity index (χ4n) is 1.98. The number of hydrogen-bond donors (Lipinski definition) is 2. The molecule has 2 aromatic rings. The largest absolute Gasteiger partial charge is 0.484 e. The van der Waals surface area contributed by atoms with E-state index in [1.807, 2.05) is 30.3 Å². The zero-order valence-electron chi connectivity index (χ0n) is 13.7. The van der Waals surface area contributed by atoms with Gasteiger partial charge >= 0.3 is 6.18 Å². The van der Waals surface area contributed by atoms with Crippen LogP contribution in [0, 0.1) is 0 Å². The molecule has 0 heterocycles. The minimum absolute atomic E-state index is 0.127. The number of benzene rings is 2. The third kappa shape index (κ3) is 6.46. The van der Waals surface area contributed by atoms with Gasteiger partial charge in [0.15, 0.2) is 6.61 Å². The van der Waals surface area contributed by atoms with Crippen LogP contribution in [-0.2, 0) is 22.3 Å². The number of amides is 2. The fraction of sp³-hybridized carbons (Fsp3) is 0.222. The summed E-state index contributed by atoms with van der Waals surface area (Å²) in [6.45, 7) is -0.281. The molecular formula is C18H17F3N2O3. The van der Waals surface area contributed by atoms with Crippen LogP contribution in [0.4, 0.5) is 13.2 Å². The lowest BCUT2D eigenvalue weighted by Crippen LogP contribution is -2.38. The number of ether oxygens (including phenoxy) is 1. The highest BCUT2D eigenvalue weighted by molar-refractivity contribution is 5.85. The van der Waals surface area contributed by atoms with Gasteiger partial charge < -0.3 is 15.4 Å². The minimum atomic E-state index is -4.43. The number of carbonyl (C=O) groups excluding carboxylic acids is 2. The summed E-state index contributed by atoms with van der Waals surface area (Å²) in [6.07, 6.45) is -4.43. The number of rotatable bonds is 7. The van der Waals surface area contributed by atoms with Crippen molar-refractivity contribution in [2.45, 2.75) is 12.7 Å². The SMILES string of the molecule is O=C(CNC(=O)COc1ccc(C(F)(F)F)cc1)NCc1ccccc1. The molecule has 0 unspecified atom stereocenters. The van der Waals surface area contributed by atoms with Gasteiger partial charge in [0.05, 0.1) is 12.1 Å². The van der Waals surface area contributed by atoms with Crippen molar-refractivity contribution in [2.24, 2.45) is 0 Å². The number of halogens is 3. The third-order valence-corrected chi connectivity index (χ3v) is 3.33. The Kier molecular flexibility index (Phi) is 6.60. The average molecular weight is 366 g/mol. The van der Waals surface area contributed by atoms with Crippen LogP contribution in [0.25, 0.3) is 0 Å². The molecule has 0 fully saturated rings. The lowest BCUT2D eigenvalue weighted by molar-refractivity contribution is -0.137. The van der Waals surface area contributed by atoms with Crippen molar-refractivity contribution in [2.75, 3.05) is 13.2 Å². The van der Waals surface area contributed by atoms with E-state index in [0.29, 0.717) is 6.54 Å². The van der Waals surface area contributed by atoms with Crippen molar-refractivity contribution in [1.82, 2.24) is 10.6 Å². The van der Waals surface area contributed by atoms with Crippen molar-refractivity contribution in [3.8, 4) is 5.75 Å². The molecule has 5 nitrogen and oxygen atoms in total. The lowest BCUT2D eigenvalue weighted by atomic mass is 10.2. The van der Waals surface area contributed by atoms with Gasteiger partial charge in [-0.15, -0.1) is 0 Å². The fourth-order valence-corrected chi connectivity index (χ4v) is 1.98. The first kappa shape index (κ1) is 19.3. The zero-order valence-corrected chi connectivity index (χ0v) is 13.7. The van der Waals surface area contributed by atoms with Gasteiger partial charge in [-0.1, -0.05) is 30.3 Å². The maximum Gasteiger partial charge on any atom is 0.416 e. The number of nitrogens with one attached hydrogen (secondary N) is 2. The molecule has 0 spiro atoms. The predicted octanol–water partition coefficient (Wildman–Crippen LogP) is 2.52. The number of hydrogen-bond acceptors (Lipinski definition) is 3. The van der Waals surface area contributed by atoms with Gasteiger partial charge in [0, 0.05) is 6.54 Å². The highest BCUT2D eigenvalue weighted by atomic mass is 19.4. The first-order valence-electron chi connectivity index (χ1n) is 7.72. The molecule has 0 aromatic heterocycles. The maximum atomic E-state index is 12.4. The normalized spacial score (nSPS) is 10.9. The molecule has 2 rings (SSSR count). The average Bonchev–Trinajstić information content (AvgIpc) is 2.63. The van der Waals surface area contributed by atoms with E-state index in [0.717, 1.165) is 29.8 Å². The summed E-state index contributed by atoms with van der Waals surface area (Å²) in [7, 11) is 0. The number of carbonyl (C=O) groups is 2. The monoisotopic (exact) mass is 366 g/mol. The lowest BCUT2D eigenvalue weighted by Gasteiger charge is -2.10. The highest BCUT2D eigenvalue weighted by Gasteiger charge is 2.30. The van der Waals surface area contributed by atoms with Crippen LogP contribution in [0.1, 0.15) is 11.1 Å². The minimum Gasteiger partial charge on any atom is -0.484 e. The van der Waals surface area contributed by atoms with Gasteiger partial charge in [-0.2, -0.15) is 13.2 Å². The van der Waals surface area contributed by atoms with E-state index >= 15 is 0 Å². The molecule has 0 saturated carbocycles. The summed E-state index contributed by atoms with van der Waals surface area (Å²) >= 11 is 0. The topological polar surface area (TPSA) is 67.4 Å². The molecule has 0 saturated heterocycles. The quantitative estimate of drug-likeness (QED) is 0.791. The number of alkyl halides is 3. The summed E-state index contributed by atoms with van der Waals surface area (Å²) < 4.78 is 42.4. The molecule has 2 aromatic carbocycles. The van der Waals surface area contributed by atoms with Crippen molar-refractivity contribution >= 4 is 11.8 Å². The molecule has 26 heavy (non-hydrogen) atoms. The second-order valence-corrected chi connectivity index (χ2v) is 5.35. The molecule has 2 N–H and O–H groups in total. The van der Waals surface area contributed by atoms with Crippen molar-refractivity contribution in [3.05, 3.63) is 65.7 Å². The van der Waals surface area contributed by atoms with E-state index in [4.69, 9.17) is 4.74 Å². The van der Waals surface area contributed by atoms with Gasteiger partial charge in [-0.3, -0.25) is 9.59 Å². The van der Waals surface area contributed by atoms with Gasteiger partial charge in [0.2, 0.25) is 5.91 Å². The van der Waals surface area contributed by atoms with E-state index in [1.54, 1.807) is 0 Å². The van der Waals surface area contributed by atoms with E-state index in [-0.39, 0.29) is 18.2 Å². The van der Waals surface area contributed by atoms with Crippen molar-refractivity contribution in [3.63, 3.8) is 0 Å². The molecular weight excluding hydrogens is 349 g/mol. The maximum absolute atomic E-state index is 12.4. The molecule has 138 valence electrons. The van der Waals surface area contributed by atoms with Crippen LogP contribution in [0.2, 0.25) is 0 Å². The molecule has 0 radical (unpaired) electrons. The van der Waals surface area contributed by atoms with Crippen LogP contribution in [0.15, 0.2) is 54.6 Å². The van der Waals surface area contributed by atoms with Crippen molar-refractivity contribution in [1.29, 1.82) is 0 Å². The van der Waals surface area contributed by atoms with E-state index in [1.165, 1.54) is 0 Å². The van der Waals surface area contributed by atoms with Crippen molar-refractivity contribution < 1.29 is 27.5 Å². The Morgan fingerprint density at radius 2 is 1.54 bits per heavy atom. The Hall–Kier alpha value is -3.03. The summed E-state index contributed by atoms with van der Waals surface area (Å²) in [5, 5.41) is 5.02. The molecule has 0 aliphatic heterocycles. The van der Waals surface area contributed by atoms with Crippen LogP contribution in [0.5, 0.6) is 5.75 Å². The highest BCUT2D eigenvalue weighted by Crippen LogP contribution is 2.30. The van der Waals surface area contributed by atoms with E-state index in [9.17, 15) is 22.8 Å². The van der Waals surface area contributed by atoms with E-state index < -0.39 is 24.3 Å². The first-order chi connectivity index (χ1) is 12.3. The predicted molar refractivity (Wildman–Crippen MR) is 88.2 cm³/mol. The van der Waals surface area contributed by atoms with Crippen LogP contribution < -0.4 is 15.4 Å². The Labute approximate surface area is 148 Å². The van der Waals surface area contributed by atoms with E-state index in [2.05, 4.69) is 10.6 Å². The Balaban J connectivity index is 1.67. The Bertz CT molecular complexity index is 732. The zero-order chi connectivity index (χ0) is 19.0. The summed E-state index contributed by atoms with van der Waals surface area (Å²) in [4.78, 5) is 23.3. The molecule has 0 atom stereocenters. The van der Waals surface area contributed by atoms with Gasteiger partial charge in [0.1, 0.15) is 5.75 Å². The summed E-state index contributed by atoms with van der Waals surface area (Å²) in [5.74, 6) is -0.793. The second-order valence-electron chi connectivity index (χ2n) is 5.35. The first-order valence-corrected chi connectivity index (χ1v) is 7.72. The molecule has 0 bridgehead atoms. The smallest absolute Gasteiger partial charge is 0.416 e. The molecule has 2 amide bonds. The molecule has 8 heteroatoms. The Morgan fingerprint density at radius 1 is 0.885 bits per heavy atom. The summed E-state index contributed by atoms with van der Waals surface area (Å²) in [5.41, 5.74) is 0.127. The van der Waals surface area contributed by atoms with Crippen LogP contribution >= 0.6 is 0 Å². The van der Waals surface area contributed by atoms with Crippen LogP contribution in [0.3, 0.4) is 0 Å². The molecule has 0 aliphatic carbocycles. The summed E-state index contributed by atoms with van der Waals surface area (Å²) in [6, 6.07) is 13.3. The Morgan fingerprint density at radius 3 is 2.15 bits per heavy atom. The van der Waals surface area contributed by atoms with Gasteiger partial charge in [0.25, 0.3) is 5.91 Å². The van der Waals surface area contributed by atoms with Gasteiger partial charge in [-0.25, -0.2) is 0 Å². The standard InChI is InChI=1S/C18H17F3N2O3/c19-18(20,21)14-6-8-15(9-7-14)26-12-17(25)23-11-16(24)22-10-13-4-2-1-3-5-13/h1-9H,10-12H2,(H,22,24)(H,23,25). The third-order valence-electron chi connectivity index (χ3n) is 3.33. The van der Waals surface area contributed by atoms with Gasteiger partial charge in [-0.05, 0) is 29.8 Å².